The highest BCUT2D eigenvalue weighted by Crippen LogP contribution is 2.31. The van der Waals surface area contributed by atoms with Gasteiger partial charge >= 0.3 is 5.97 Å². The maximum atomic E-state index is 12.0. The Labute approximate surface area is 159 Å². The molecule has 3 aromatic rings. The molecule has 0 spiro atoms. The van der Waals surface area contributed by atoms with Crippen molar-refractivity contribution in [3.8, 4) is 11.1 Å². The van der Waals surface area contributed by atoms with E-state index in [0.29, 0.717) is 19.6 Å². The minimum atomic E-state index is -0.816. The number of hydrogen-bond acceptors (Lipinski definition) is 3. The zero-order valence-electron chi connectivity index (χ0n) is 15.0. The van der Waals surface area contributed by atoms with Gasteiger partial charge < -0.3 is 10.4 Å². The van der Waals surface area contributed by atoms with Crippen molar-refractivity contribution >= 4 is 11.7 Å². The van der Waals surface area contributed by atoms with E-state index in [1.807, 2.05) is 53.4 Å². The molecule has 0 radical (unpaired) electrons. The van der Waals surface area contributed by atoms with Crippen LogP contribution in [0.1, 0.15) is 17.2 Å². The van der Waals surface area contributed by atoms with Crippen LogP contribution in [0, 0.1) is 0 Å². The molecule has 4 heteroatoms. The van der Waals surface area contributed by atoms with Gasteiger partial charge in [-0.25, -0.2) is 0 Å². The monoisotopic (exact) mass is 358 g/mol. The van der Waals surface area contributed by atoms with Gasteiger partial charge in [-0.3, -0.25) is 9.69 Å². The minimum absolute atomic E-state index is 0.592. The minimum Gasteiger partial charge on any atom is -0.480 e. The first kappa shape index (κ1) is 17.3. The molecule has 3 aromatic carbocycles. The Kier molecular flexibility index (Phi) is 4.90. The zero-order chi connectivity index (χ0) is 18.6. The van der Waals surface area contributed by atoms with Crippen molar-refractivity contribution < 1.29 is 9.90 Å². The second-order valence-corrected chi connectivity index (χ2v) is 6.79. The zero-order valence-corrected chi connectivity index (χ0v) is 15.0. The molecule has 0 aromatic heterocycles. The molecule has 27 heavy (non-hydrogen) atoms. The average Bonchev–Trinajstić information content (AvgIpc) is 2.91. The van der Waals surface area contributed by atoms with Crippen LogP contribution in [0.25, 0.3) is 11.1 Å². The number of nitrogens with zero attached hydrogens (tertiary/aromatic N) is 1. The molecule has 0 amide bonds. The maximum absolute atomic E-state index is 12.0. The van der Waals surface area contributed by atoms with E-state index in [-0.39, 0.29) is 0 Å². The van der Waals surface area contributed by atoms with Crippen LogP contribution in [0.4, 0.5) is 5.69 Å². The third-order valence-electron chi connectivity index (χ3n) is 5.01. The van der Waals surface area contributed by atoms with Gasteiger partial charge in [0.15, 0.2) is 0 Å². The first-order valence-electron chi connectivity index (χ1n) is 9.16. The Hall–Kier alpha value is -3.11. The molecular weight excluding hydrogens is 336 g/mol. The second kappa shape index (κ2) is 7.64. The van der Waals surface area contributed by atoms with Crippen LogP contribution in [0.2, 0.25) is 0 Å². The van der Waals surface area contributed by atoms with Gasteiger partial charge in [-0.05, 0) is 34.4 Å². The molecule has 0 bridgehead atoms. The first-order chi connectivity index (χ1) is 13.2. The summed E-state index contributed by atoms with van der Waals surface area (Å²) in [6, 6.07) is 25.4. The van der Waals surface area contributed by atoms with Gasteiger partial charge in [-0.15, -0.1) is 0 Å². The number of carboxylic acid groups (broad SMARTS) is 1. The summed E-state index contributed by atoms with van der Waals surface area (Å²) in [5, 5.41) is 13.3. The Morgan fingerprint density at radius 1 is 0.926 bits per heavy atom. The van der Waals surface area contributed by atoms with Gasteiger partial charge in [0.1, 0.15) is 6.04 Å². The van der Waals surface area contributed by atoms with Gasteiger partial charge in [0.25, 0.3) is 0 Å². The number of hydrogen-bond donors (Lipinski definition) is 2. The van der Waals surface area contributed by atoms with E-state index < -0.39 is 12.0 Å². The number of rotatable bonds is 4. The van der Waals surface area contributed by atoms with E-state index in [4.69, 9.17) is 0 Å². The summed E-state index contributed by atoms with van der Waals surface area (Å²) < 4.78 is 0. The lowest BCUT2D eigenvalue weighted by Gasteiger charge is -2.27. The van der Waals surface area contributed by atoms with Crippen LogP contribution in [-0.2, 0) is 11.3 Å². The molecule has 2 N–H and O–H groups in total. The van der Waals surface area contributed by atoms with E-state index in [2.05, 4.69) is 35.6 Å². The smallest absolute Gasteiger partial charge is 0.325 e. The third-order valence-corrected chi connectivity index (χ3v) is 5.01. The molecule has 136 valence electrons. The lowest BCUT2D eigenvalue weighted by Crippen LogP contribution is -2.35. The van der Waals surface area contributed by atoms with E-state index in [1.54, 1.807) is 0 Å². The number of benzene rings is 3. The quantitative estimate of drug-likeness (QED) is 0.725. The van der Waals surface area contributed by atoms with Crippen molar-refractivity contribution in [3.63, 3.8) is 0 Å². The topological polar surface area (TPSA) is 52.6 Å². The van der Waals surface area contributed by atoms with Crippen molar-refractivity contribution in [3.05, 3.63) is 90.0 Å². The Balaban J connectivity index is 1.68. The highest BCUT2D eigenvalue weighted by atomic mass is 16.4. The van der Waals surface area contributed by atoms with E-state index in [0.717, 1.165) is 27.9 Å². The SMILES string of the molecule is O=C(O)C(c1ccccc1)N1CCNc2ccc(-c3ccccc3)cc2C1. The average molecular weight is 358 g/mol. The molecule has 1 aliphatic heterocycles. The van der Waals surface area contributed by atoms with Gasteiger partial charge in [0.2, 0.25) is 0 Å². The molecule has 1 aliphatic rings. The fourth-order valence-corrected chi connectivity index (χ4v) is 3.70. The predicted molar refractivity (Wildman–Crippen MR) is 108 cm³/mol. The molecule has 1 heterocycles. The standard InChI is InChI=1S/C23H22N2O2/c26-23(27)22(18-9-5-2-6-10-18)25-14-13-24-21-12-11-19(15-20(21)16-25)17-7-3-1-4-8-17/h1-12,15,22,24H,13-14,16H2,(H,26,27). The van der Waals surface area contributed by atoms with Gasteiger partial charge in [-0.1, -0.05) is 66.7 Å². The number of anilines is 1. The molecule has 1 atom stereocenters. The Morgan fingerprint density at radius 3 is 2.33 bits per heavy atom. The number of carbonyl (C=O) groups is 1. The van der Waals surface area contributed by atoms with E-state index >= 15 is 0 Å². The third kappa shape index (κ3) is 3.71. The van der Waals surface area contributed by atoms with Crippen molar-refractivity contribution in [1.29, 1.82) is 0 Å². The number of nitrogens with one attached hydrogen (secondary N) is 1. The maximum Gasteiger partial charge on any atom is 0.325 e. The van der Waals surface area contributed by atoms with Gasteiger partial charge in [-0.2, -0.15) is 0 Å². The van der Waals surface area contributed by atoms with Crippen molar-refractivity contribution in [2.75, 3.05) is 18.4 Å². The Morgan fingerprint density at radius 2 is 1.63 bits per heavy atom. The molecule has 1 unspecified atom stereocenters. The fraction of sp³-hybridized carbons (Fsp3) is 0.174. The lowest BCUT2D eigenvalue weighted by molar-refractivity contribution is -0.143. The molecule has 4 rings (SSSR count). The van der Waals surface area contributed by atoms with Crippen molar-refractivity contribution in [1.82, 2.24) is 4.90 Å². The van der Waals surface area contributed by atoms with E-state index in [9.17, 15) is 9.90 Å². The number of carboxylic acids is 1. The molecule has 0 fully saturated rings. The summed E-state index contributed by atoms with van der Waals surface area (Å²) in [4.78, 5) is 14.1. The van der Waals surface area contributed by atoms with E-state index in [1.165, 1.54) is 0 Å². The molecule has 0 saturated heterocycles. The normalized spacial score (nSPS) is 15.3. The number of aliphatic carboxylic acids is 1. The predicted octanol–water partition coefficient (Wildman–Crippen LogP) is 4.41. The summed E-state index contributed by atoms with van der Waals surface area (Å²) in [6.45, 7) is 1.98. The van der Waals surface area contributed by atoms with Crippen LogP contribution in [0.3, 0.4) is 0 Å². The van der Waals surface area contributed by atoms with Crippen molar-refractivity contribution in [2.45, 2.75) is 12.6 Å². The van der Waals surface area contributed by atoms with Gasteiger partial charge in [0, 0.05) is 25.3 Å². The summed E-state index contributed by atoms with van der Waals surface area (Å²) in [7, 11) is 0. The van der Waals surface area contributed by atoms with Crippen LogP contribution in [0.15, 0.2) is 78.9 Å². The summed E-state index contributed by atoms with van der Waals surface area (Å²) >= 11 is 0. The summed E-state index contributed by atoms with van der Waals surface area (Å²) in [6.07, 6.45) is 0. The van der Waals surface area contributed by atoms with Crippen LogP contribution in [-0.4, -0.2) is 29.1 Å². The number of fused-ring (bicyclic) bond motifs is 1. The first-order valence-corrected chi connectivity index (χ1v) is 9.16. The molecular formula is C23H22N2O2. The van der Waals surface area contributed by atoms with Crippen LogP contribution < -0.4 is 5.32 Å². The largest absolute Gasteiger partial charge is 0.480 e. The second-order valence-electron chi connectivity index (χ2n) is 6.79. The van der Waals surface area contributed by atoms with Gasteiger partial charge in [0.05, 0.1) is 0 Å². The highest BCUT2D eigenvalue weighted by molar-refractivity contribution is 5.76. The molecule has 4 nitrogen and oxygen atoms in total. The Bertz CT molecular complexity index is 926. The molecule has 0 aliphatic carbocycles. The molecule has 0 saturated carbocycles. The van der Waals surface area contributed by atoms with Crippen LogP contribution in [0.5, 0.6) is 0 Å². The lowest BCUT2D eigenvalue weighted by atomic mass is 10.0. The summed E-state index contributed by atoms with van der Waals surface area (Å²) in [5.74, 6) is -0.816. The van der Waals surface area contributed by atoms with Crippen LogP contribution >= 0.6 is 0 Å². The fourth-order valence-electron chi connectivity index (χ4n) is 3.70. The highest BCUT2D eigenvalue weighted by Gasteiger charge is 2.29. The summed E-state index contributed by atoms with van der Waals surface area (Å²) in [5.41, 5.74) is 5.32. The van der Waals surface area contributed by atoms with Crippen molar-refractivity contribution in [2.24, 2.45) is 0 Å².